The second kappa shape index (κ2) is 8.66. The Kier molecular flexibility index (Phi) is 5.46. The van der Waals surface area contributed by atoms with E-state index in [-0.39, 0.29) is 0 Å². The van der Waals surface area contributed by atoms with Gasteiger partial charge in [0.05, 0.1) is 34.7 Å². The van der Waals surface area contributed by atoms with E-state index in [1.807, 2.05) is 17.9 Å². The van der Waals surface area contributed by atoms with Crippen molar-refractivity contribution >= 4 is 23.1 Å². The summed E-state index contributed by atoms with van der Waals surface area (Å²) >= 11 is 0. The van der Waals surface area contributed by atoms with Crippen molar-refractivity contribution in [1.82, 2.24) is 39.6 Å². The number of benzene rings is 1. The van der Waals surface area contributed by atoms with Crippen LogP contribution in [0.1, 0.15) is 35.1 Å². The number of fused-ring (bicyclic) bond motifs is 4. The highest BCUT2D eigenvalue weighted by Crippen LogP contribution is 2.32. The molecule has 0 radical (unpaired) electrons. The lowest BCUT2D eigenvalue weighted by molar-refractivity contribution is 0.222. The second-order valence-corrected chi connectivity index (χ2v) is 9.87. The van der Waals surface area contributed by atoms with Crippen LogP contribution in [0, 0.1) is 6.92 Å². The molecule has 1 aromatic carbocycles. The first kappa shape index (κ1) is 22.1. The third-order valence-electron chi connectivity index (χ3n) is 7.38. The van der Waals surface area contributed by atoms with Gasteiger partial charge in [-0.1, -0.05) is 6.07 Å². The first-order valence-corrected chi connectivity index (χ1v) is 12.2. The molecule has 1 N–H and O–H groups in total. The van der Waals surface area contributed by atoms with Crippen LogP contribution in [0.2, 0.25) is 0 Å². The van der Waals surface area contributed by atoms with E-state index in [9.17, 15) is 0 Å². The Labute approximate surface area is 205 Å². The molecule has 9 nitrogen and oxygen atoms in total. The van der Waals surface area contributed by atoms with Gasteiger partial charge in [0.25, 0.3) is 0 Å². The Morgan fingerprint density at radius 1 is 1.09 bits per heavy atom. The molecule has 2 aliphatic rings. The highest BCUT2D eigenvalue weighted by Gasteiger charge is 2.26. The first-order chi connectivity index (χ1) is 17.0. The monoisotopic (exact) mass is 472 g/mol. The summed E-state index contributed by atoms with van der Waals surface area (Å²) in [7, 11) is 6.29. The van der Waals surface area contributed by atoms with Crippen molar-refractivity contribution in [3.05, 3.63) is 47.0 Å². The van der Waals surface area contributed by atoms with Gasteiger partial charge in [-0.3, -0.25) is 19.4 Å². The molecule has 0 amide bonds. The van der Waals surface area contributed by atoms with Gasteiger partial charge in [-0.2, -0.15) is 10.2 Å². The molecule has 6 rings (SSSR count). The van der Waals surface area contributed by atoms with Crippen molar-refractivity contribution in [2.45, 2.75) is 25.9 Å². The van der Waals surface area contributed by atoms with Gasteiger partial charge in [-0.05, 0) is 63.8 Å². The fourth-order valence-electron chi connectivity index (χ4n) is 5.29. The van der Waals surface area contributed by atoms with Gasteiger partial charge in [0.15, 0.2) is 0 Å². The number of likely N-dealkylation sites (N-methyl/N-ethyl adjacent to an activating group) is 2. The number of aryl methyl sites for hydroxylation is 1. The number of H-pyrrole nitrogens is 1. The summed E-state index contributed by atoms with van der Waals surface area (Å²) in [6.45, 7) is 6.37. The maximum Gasteiger partial charge on any atom is 0.240 e. The molecule has 3 aromatic heterocycles. The highest BCUT2D eigenvalue weighted by molar-refractivity contribution is 5.93. The van der Waals surface area contributed by atoms with Gasteiger partial charge in [0, 0.05) is 43.3 Å². The molecule has 1 unspecified atom stereocenters. The molecular formula is C26H32N8O. The van der Waals surface area contributed by atoms with Gasteiger partial charge in [-0.25, -0.2) is 0 Å². The van der Waals surface area contributed by atoms with E-state index >= 15 is 0 Å². The van der Waals surface area contributed by atoms with Gasteiger partial charge >= 0.3 is 0 Å². The van der Waals surface area contributed by atoms with Crippen LogP contribution in [-0.2, 0) is 13.6 Å². The lowest BCUT2D eigenvalue weighted by atomic mass is 10.0. The molecule has 1 saturated heterocycles. The number of ether oxygens (including phenoxy) is 1. The molecule has 5 heterocycles. The van der Waals surface area contributed by atoms with Crippen LogP contribution in [-0.4, -0.2) is 79.9 Å². The van der Waals surface area contributed by atoms with Crippen molar-refractivity contribution in [1.29, 1.82) is 0 Å². The topological polar surface area (TPSA) is 80.0 Å². The number of hydrogen-bond donors (Lipinski definition) is 1. The van der Waals surface area contributed by atoms with E-state index in [4.69, 9.17) is 9.84 Å². The average molecular weight is 473 g/mol. The molecule has 182 valence electrons. The Balaban J connectivity index is 1.46. The summed E-state index contributed by atoms with van der Waals surface area (Å²) in [5.74, 6) is 0.697. The summed E-state index contributed by atoms with van der Waals surface area (Å²) in [4.78, 5) is 4.63. The van der Waals surface area contributed by atoms with Crippen LogP contribution in [0.25, 0.3) is 34.2 Å². The van der Waals surface area contributed by atoms with E-state index in [1.165, 1.54) is 5.69 Å². The number of aromatic nitrogens is 6. The Bertz CT molecular complexity index is 1410. The molecule has 0 saturated carbocycles. The third kappa shape index (κ3) is 3.94. The fraction of sp³-hybridized carbons (Fsp3) is 0.423. The maximum atomic E-state index is 6.30. The molecule has 1 fully saturated rings. The van der Waals surface area contributed by atoms with Crippen LogP contribution >= 0.6 is 0 Å². The number of likely N-dealkylation sites (tertiary alicyclic amines) is 1. The number of nitrogens with zero attached hydrogens (tertiary/aromatic N) is 7. The summed E-state index contributed by atoms with van der Waals surface area (Å²) in [5, 5.41) is 18.3. The fourth-order valence-corrected chi connectivity index (χ4v) is 5.29. The largest absolute Gasteiger partial charge is 0.475 e. The van der Waals surface area contributed by atoms with Gasteiger partial charge in [-0.15, -0.1) is 5.10 Å². The molecular weight excluding hydrogens is 440 g/mol. The minimum absolute atomic E-state index is 0.372. The van der Waals surface area contributed by atoms with Gasteiger partial charge in [0.2, 0.25) is 5.88 Å². The lowest BCUT2D eigenvalue weighted by Crippen LogP contribution is -2.25. The average Bonchev–Trinajstić information content (AvgIpc) is 3.60. The second-order valence-electron chi connectivity index (χ2n) is 9.87. The van der Waals surface area contributed by atoms with E-state index in [1.54, 1.807) is 0 Å². The van der Waals surface area contributed by atoms with Crippen molar-refractivity contribution in [2.75, 3.05) is 40.3 Å². The molecule has 2 aliphatic heterocycles. The van der Waals surface area contributed by atoms with E-state index in [0.29, 0.717) is 18.5 Å². The van der Waals surface area contributed by atoms with Crippen LogP contribution in [0.5, 0.6) is 5.88 Å². The highest BCUT2D eigenvalue weighted by atomic mass is 16.5. The molecule has 0 aliphatic carbocycles. The van der Waals surface area contributed by atoms with Crippen molar-refractivity contribution in [3.63, 3.8) is 0 Å². The molecule has 9 heteroatoms. The Hall–Kier alpha value is -3.43. The summed E-state index contributed by atoms with van der Waals surface area (Å²) in [6, 6.07) is 6.78. The predicted molar refractivity (Wildman–Crippen MR) is 137 cm³/mol. The smallest absolute Gasteiger partial charge is 0.240 e. The zero-order valence-corrected chi connectivity index (χ0v) is 20.8. The van der Waals surface area contributed by atoms with Gasteiger partial charge in [0.1, 0.15) is 6.61 Å². The zero-order chi connectivity index (χ0) is 24.1. The van der Waals surface area contributed by atoms with Gasteiger partial charge < -0.3 is 9.64 Å². The van der Waals surface area contributed by atoms with Crippen molar-refractivity contribution < 1.29 is 4.74 Å². The molecule has 4 aromatic rings. The quantitative estimate of drug-likeness (QED) is 0.458. The summed E-state index contributed by atoms with van der Waals surface area (Å²) < 4.78 is 10.4. The molecule has 2 bridgehead atoms. The predicted octanol–water partition coefficient (Wildman–Crippen LogP) is 3.34. The molecule has 0 spiro atoms. The normalized spacial score (nSPS) is 19.5. The van der Waals surface area contributed by atoms with Crippen LogP contribution < -0.4 is 4.74 Å². The number of nitrogens with one attached hydrogen (secondary N) is 1. The number of hydrogen-bond acceptors (Lipinski definition) is 6. The molecule has 35 heavy (non-hydrogen) atoms. The lowest BCUT2D eigenvalue weighted by Gasteiger charge is -2.18. The van der Waals surface area contributed by atoms with Crippen molar-refractivity contribution in [2.24, 2.45) is 7.05 Å². The summed E-state index contributed by atoms with van der Waals surface area (Å²) in [6.07, 6.45) is 7.27. The van der Waals surface area contributed by atoms with E-state index in [0.717, 1.165) is 71.6 Å². The Morgan fingerprint density at radius 2 is 1.97 bits per heavy atom. The summed E-state index contributed by atoms with van der Waals surface area (Å²) in [5.41, 5.74) is 7.54. The van der Waals surface area contributed by atoms with E-state index < -0.39 is 0 Å². The minimum Gasteiger partial charge on any atom is -0.475 e. The van der Waals surface area contributed by atoms with Crippen LogP contribution in [0.4, 0.5) is 0 Å². The third-order valence-corrected chi connectivity index (χ3v) is 7.38. The minimum atomic E-state index is 0.372. The molecule has 1 atom stereocenters. The Morgan fingerprint density at radius 3 is 2.80 bits per heavy atom. The number of rotatable bonds is 1. The standard InChI is InChI=1S/C26H32N8O/c1-17-20-6-8-24-21-13-18(5-7-23(21)28-29-24)22-14-27-33(4)25(22)16-32(3)11-12-35-26(20)30-34(17)19-9-10-31(2)15-19/h5-8,13-14,19H,9-12,15-16H2,1-4H3,(H,28,29). The van der Waals surface area contributed by atoms with Crippen LogP contribution in [0.3, 0.4) is 0 Å². The number of aromatic amines is 1. The van der Waals surface area contributed by atoms with Crippen LogP contribution in [0.15, 0.2) is 24.4 Å². The van der Waals surface area contributed by atoms with E-state index in [2.05, 4.69) is 81.1 Å². The maximum absolute atomic E-state index is 6.30. The first-order valence-electron chi connectivity index (χ1n) is 12.2. The zero-order valence-electron chi connectivity index (χ0n) is 20.8. The van der Waals surface area contributed by atoms with Crippen molar-refractivity contribution in [3.8, 4) is 17.0 Å². The SMILES string of the molecule is Cc1c2c(nn1C1CCN(C)C1)OCCN(C)Cc1c(cnn1C)-c1ccc3n[nH]c(c3c1)C=C2.